The van der Waals surface area contributed by atoms with Gasteiger partial charge in [0, 0.05) is 25.6 Å². The van der Waals surface area contributed by atoms with Crippen LogP contribution in [0.1, 0.15) is 5.69 Å². The number of nitrogens with two attached hydrogens (primary N) is 1. The Kier molecular flexibility index (Phi) is 4.86. The lowest BCUT2D eigenvalue weighted by atomic mass is 10.2. The van der Waals surface area contributed by atoms with Crippen LogP contribution in [0.3, 0.4) is 0 Å². The standard InChI is InChI=1S/C10H17N3O2/c1-15-10-3-2-8(11)9(13-10)4-5-12-6-7-14/h2-3,12,14H,4-7,11H2,1H3. The molecule has 0 unspecified atom stereocenters. The van der Waals surface area contributed by atoms with E-state index < -0.39 is 0 Å². The highest BCUT2D eigenvalue weighted by Crippen LogP contribution is 2.14. The molecule has 0 amide bonds. The van der Waals surface area contributed by atoms with Crippen LogP contribution >= 0.6 is 0 Å². The van der Waals surface area contributed by atoms with Gasteiger partial charge in [-0.1, -0.05) is 0 Å². The Balaban J connectivity index is 2.51. The summed E-state index contributed by atoms with van der Waals surface area (Å²) in [6, 6.07) is 3.52. The van der Waals surface area contributed by atoms with Gasteiger partial charge in [-0.2, -0.15) is 0 Å². The van der Waals surface area contributed by atoms with Crippen molar-refractivity contribution >= 4 is 5.69 Å². The molecule has 0 saturated carbocycles. The van der Waals surface area contributed by atoms with Gasteiger partial charge in [-0.05, 0) is 6.07 Å². The molecule has 0 bridgehead atoms. The summed E-state index contributed by atoms with van der Waals surface area (Å²) < 4.78 is 5.01. The van der Waals surface area contributed by atoms with E-state index in [1.54, 1.807) is 19.2 Å². The van der Waals surface area contributed by atoms with Crippen LogP contribution in [0.4, 0.5) is 5.69 Å². The molecule has 0 fully saturated rings. The van der Waals surface area contributed by atoms with Crippen molar-refractivity contribution in [1.29, 1.82) is 0 Å². The molecule has 5 nitrogen and oxygen atoms in total. The third-order valence-corrected chi connectivity index (χ3v) is 2.02. The van der Waals surface area contributed by atoms with Gasteiger partial charge in [-0.3, -0.25) is 0 Å². The molecule has 1 heterocycles. The molecule has 1 aromatic rings. The summed E-state index contributed by atoms with van der Waals surface area (Å²) in [6.07, 6.45) is 0.725. The Morgan fingerprint density at radius 2 is 2.27 bits per heavy atom. The molecule has 4 N–H and O–H groups in total. The number of nitrogens with zero attached hydrogens (tertiary/aromatic N) is 1. The number of aliphatic hydroxyl groups is 1. The molecule has 1 rings (SSSR count). The van der Waals surface area contributed by atoms with Gasteiger partial charge in [0.2, 0.25) is 5.88 Å². The Hall–Kier alpha value is -1.33. The second-order valence-corrected chi connectivity index (χ2v) is 3.11. The molecule has 5 heteroatoms. The van der Waals surface area contributed by atoms with E-state index in [9.17, 15) is 0 Å². The molecule has 0 aliphatic rings. The first-order chi connectivity index (χ1) is 7.27. The van der Waals surface area contributed by atoms with Crippen LogP contribution in [-0.4, -0.2) is 36.9 Å². The molecule has 84 valence electrons. The van der Waals surface area contributed by atoms with Crippen molar-refractivity contribution in [1.82, 2.24) is 10.3 Å². The van der Waals surface area contributed by atoms with E-state index in [1.807, 2.05) is 0 Å². The fourth-order valence-corrected chi connectivity index (χ4v) is 1.22. The van der Waals surface area contributed by atoms with Gasteiger partial charge >= 0.3 is 0 Å². The predicted molar refractivity (Wildman–Crippen MR) is 58.9 cm³/mol. The van der Waals surface area contributed by atoms with E-state index >= 15 is 0 Å². The van der Waals surface area contributed by atoms with Gasteiger partial charge < -0.3 is 20.9 Å². The van der Waals surface area contributed by atoms with Crippen LogP contribution in [0.5, 0.6) is 5.88 Å². The summed E-state index contributed by atoms with van der Waals surface area (Å²) in [5.74, 6) is 0.571. The average molecular weight is 211 g/mol. The van der Waals surface area contributed by atoms with Gasteiger partial charge in [0.15, 0.2) is 0 Å². The Labute approximate surface area is 89.3 Å². The van der Waals surface area contributed by atoms with E-state index in [-0.39, 0.29) is 6.61 Å². The molecule has 0 aromatic carbocycles. The average Bonchev–Trinajstić information content (AvgIpc) is 2.26. The fourth-order valence-electron chi connectivity index (χ4n) is 1.22. The quantitative estimate of drug-likeness (QED) is 0.568. The lowest BCUT2D eigenvalue weighted by molar-refractivity contribution is 0.292. The first-order valence-corrected chi connectivity index (χ1v) is 4.89. The summed E-state index contributed by atoms with van der Waals surface area (Å²) in [7, 11) is 1.58. The monoisotopic (exact) mass is 211 g/mol. The third kappa shape index (κ3) is 3.73. The topological polar surface area (TPSA) is 80.4 Å². The van der Waals surface area contributed by atoms with Crippen molar-refractivity contribution in [3.8, 4) is 5.88 Å². The smallest absolute Gasteiger partial charge is 0.213 e. The summed E-state index contributed by atoms with van der Waals surface area (Å²) in [6.45, 7) is 1.47. The van der Waals surface area contributed by atoms with Crippen molar-refractivity contribution in [3.63, 3.8) is 0 Å². The molecule has 0 spiro atoms. The number of methoxy groups -OCH3 is 1. The first-order valence-electron chi connectivity index (χ1n) is 4.89. The molecule has 0 atom stereocenters. The lowest BCUT2D eigenvalue weighted by Crippen LogP contribution is -2.21. The number of rotatable bonds is 6. The molecule has 0 saturated heterocycles. The zero-order chi connectivity index (χ0) is 11.1. The number of hydrogen-bond acceptors (Lipinski definition) is 5. The Morgan fingerprint density at radius 3 is 2.93 bits per heavy atom. The SMILES string of the molecule is COc1ccc(N)c(CCNCCO)n1. The number of nitrogens with one attached hydrogen (secondary N) is 1. The van der Waals surface area contributed by atoms with E-state index in [4.69, 9.17) is 15.6 Å². The second kappa shape index (κ2) is 6.21. The first kappa shape index (κ1) is 11.7. The minimum absolute atomic E-state index is 0.140. The number of hydrogen-bond donors (Lipinski definition) is 3. The highest BCUT2D eigenvalue weighted by atomic mass is 16.5. The number of aliphatic hydroxyl groups excluding tert-OH is 1. The van der Waals surface area contributed by atoms with Crippen molar-refractivity contribution < 1.29 is 9.84 Å². The van der Waals surface area contributed by atoms with Crippen LogP contribution in [0, 0.1) is 0 Å². The number of nitrogen functional groups attached to an aromatic ring is 1. The van der Waals surface area contributed by atoms with Crippen LogP contribution < -0.4 is 15.8 Å². The highest BCUT2D eigenvalue weighted by Gasteiger charge is 2.02. The largest absolute Gasteiger partial charge is 0.481 e. The number of pyridine rings is 1. The summed E-state index contributed by atoms with van der Waals surface area (Å²) in [4.78, 5) is 4.24. The molecular weight excluding hydrogens is 194 g/mol. The zero-order valence-corrected chi connectivity index (χ0v) is 8.86. The number of ether oxygens (including phenoxy) is 1. The normalized spacial score (nSPS) is 10.3. The van der Waals surface area contributed by atoms with Crippen molar-refractivity contribution in [2.24, 2.45) is 0 Å². The van der Waals surface area contributed by atoms with Gasteiger partial charge in [0.1, 0.15) is 0 Å². The lowest BCUT2D eigenvalue weighted by Gasteiger charge is -2.07. The maximum Gasteiger partial charge on any atom is 0.213 e. The van der Waals surface area contributed by atoms with Gasteiger partial charge in [0.25, 0.3) is 0 Å². The Morgan fingerprint density at radius 1 is 1.47 bits per heavy atom. The number of anilines is 1. The maximum atomic E-state index is 8.58. The molecule has 0 radical (unpaired) electrons. The van der Waals surface area contributed by atoms with Crippen LogP contribution in [0.15, 0.2) is 12.1 Å². The molecule has 15 heavy (non-hydrogen) atoms. The fraction of sp³-hybridized carbons (Fsp3) is 0.500. The summed E-state index contributed by atoms with van der Waals surface area (Å²) in [5, 5.41) is 11.6. The predicted octanol–water partition coefficient (Wildman–Crippen LogP) is -0.203. The van der Waals surface area contributed by atoms with Crippen LogP contribution in [0.25, 0.3) is 0 Å². The third-order valence-electron chi connectivity index (χ3n) is 2.02. The molecule has 0 aliphatic carbocycles. The molecule has 1 aromatic heterocycles. The van der Waals surface area contributed by atoms with E-state index in [2.05, 4.69) is 10.3 Å². The number of aromatic nitrogens is 1. The summed E-state index contributed by atoms with van der Waals surface area (Å²) in [5.41, 5.74) is 7.25. The zero-order valence-electron chi connectivity index (χ0n) is 8.86. The summed E-state index contributed by atoms with van der Waals surface area (Å²) >= 11 is 0. The minimum Gasteiger partial charge on any atom is -0.481 e. The van der Waals surface area contributed by atoms with E-state index in [0.717, 1.165) is 18.7 Å². The highest BCUT2D eigenvalue weighted by molar-refractivity contribution is 5.44. The Bertz CT molecular complexity index is 305. The van der Waals surface area contributed by atoms with Crippen LogP contribution in [0.2, 0.25) is 0 Å². The maximum absolute atomic E-state index is 8.58. The van der Waals surface area contributed by atoms with E-state index in [1.165, 1.54) is 0 Å². The molecular formula is C10H17N3O2. The molecule has 0 aliphatic heterocycles. The minimum atomic E-state index is 0.140. The van der Waals surface area contributed by atoms with Gasteiger partial charge in [0.05, 0.1) is 25.1 Å². The van der Waals surface area contributed by atoms with Crippen molar-refractivity contribution in [3.05, 3.63) is 17.8 Å². The van der Waals surface area contributed by atoms with Crippen LogP contribution in [-0.2, 0) is 6.42 Å². The van der Waals surface area contributed by atoms with Gasteiger partial charge in [-0.25, -0.2) is 4.98 Å². The van der Waals surface area contributed by atoms with Gasteiger partial charge in [-0.15, -0.1) is 0 Å². The van der Waals surface area contributed by atoms with E-state index in [0.29, 0.717) is 18.1 Å². The second-order valence-electron chi connectivity index (χ2n) is 3.11. The van der Waals surface area contributed by atoms with Crippen molar-refractivity contribution in [2.45, 2.75) is 6.42 Å². The van der Waals surface area contributed by atoms with Crippen molar-refractivity contribution in [2.75, 3.05) is 32.5 Å².